The fourth-order valence-corrected chi connectivity index (χ4v) is 3.80. The molecule has 1 N–H and O–H groups in total. The minimum absolute atomic E-state index is 0.216. The Kier molecular flexibility index (Phi) is 4.66. The summed E-state index contributed by atoms with van der Waals surface area (Å²) in [6.07, 6.45) is 4.59. The Balaban J connectivity index is 1.93. The van der Waals surface area contributed by atoms with Crippen LogP contribution in [0.2, 0.25) is 0 Å². The molecule has 0 fully saturated rings. The number of aromatic hydroxyl groups is 1. The van der Waals surface area contributed by atoms with Crippen LogP contribution in [0.5, 0.6) is 11.5 Å². The van der Waals surface area contributed by atoms with Crippen LogP contribution in [0.4, 0.5) is 0 Å². The maximum atomic E-state index is 10.5. The monoisotopic (exact) mass is 344 g/mol. The van der Waals surface area contributed by atoms with Crippen molar-refractivity contribution in [1.29, 1.82) is 0 Å². The first kappa shape index (κ1) is 16.7. The minimum atomic E-state index is 0.216. The minimum Gasteiger partial charge on any atom is -0.504 e. The van der Waals surface area contributed by atoms with Crippen LogP contribution in [0.1, 0.15) is 32.6 Å². The van der Waals surface area contributed by atoms with Gasteiger partial charge in [0.1, 0.15) is 0 Å². The summed E-state index contributed by atoms with van der Waals surface area (Å²) in [5.74, 6) is 0.828. The Labute approximate surface area is 154 Å². The molecular formula is C24H24O2. The molecule has 0 saturated heterocycles. The van der Waals surface area contributed by atoms with Gasteiger partial charge < -0.3 is 9.84 Å². The molecule has 0 aromatic heterocycles. The predicted octanol–water partition coefficient (Wildman–Crippen LogP) is 6.81. The van der Waals surface area contributed by atoms with Crippen molar-refractivity contribution in [2.45, 2.75) is 32.6 Å². The Hall–Kier alpha value is -2.74. The Bertz CT molecular complexity index is 1030. The summed E-state index contributed by atoms with van der Waals surface area (Å²) in [6.45, 7) is 2.84. The van der Waals surface area contributed by atoms with E-state index >= 15 is 0 Å². The summed E-state index contributed by atoms with van der Waals surface area (Å²) >= 11 is 0. The quantitative estimate of drug-likeness (QED) is 0.307. The van der Waals surface area contributed by atoms with Crippen LogP contribution < -0.4 is 4.74 Å². The normalized spacial score (nSPS) is 11.4. The average molecular weight is 344 g/mol. The molecule has 132 valence electrons. The van der Waals surface area contributed by atoms with Gasteiger partial charge in [0, 0.05) is 5.39 Å². The molecule has 0 aliphatic carbocycles. The molecule has 26 heavy (non-hydrogen) atoms. The van der Waals surface area contributed by atoms with Crippen LogP contribution in [0, 0.1) is 0 Å². The first-order valence-corrected chi connectivity index (χ1v) is 9.49. The lowest BCUT2D eigenvalue weighted by atomic mass is 9.93. The molecule has 0 heterocycles. The molecule has 0 radical (unpaired) electrons. The van der Waals surface area contributed by atoms with Gasteiger partial charge in [0.2, 0.25) is 0 Å². The maximum Gasteiger partial charge on any atom is 0.169 e. The van der Waals surface area contributed by atoms with E-state index < -0.39 is 0 Å². The van der Waals surface area contributed by atoms with Crippen molar-refractivity contribution in [3.63, 3.8) is 0 Å². The summed E-state index contributed by atoms with van der Waals surface area (Å²) in [6, 6.07) is 20.6. The summed E-state index contributed by atoms with van der Waals surface area (Å²) in [5.41, 5.74) is 0. The molecule has 0 amide bonds. The summed E-state index contributed by atoms with van der Waals surface area (Å²) < 4.78 is 6.10. The lowest BCUT2D eigenvalue weighted by molar-refractivity contribution is 0.293. The summed E-state index contributed by atoms with van der Waals surface area (Å²) in [5, 5.41) is 17.4. The topological polar surface area (TPSA) is 29.5 Å². The number of rotatable bonds is 6. The van der Waals surface area contributed by atoms with E-state index in [-0.39, 0.29) is 5.75 Å². The number of fused-ring (bicyclic) bond motifs is 6. The van der Waals surface area contributed by atoms with Gasteiger partial charge in [0.15, 0.2) is 11.5 Å². The third-order valence-electron chi connectivity index (χ3n) is 5.09. The zero-order valence-electron chi connectivity index (χ0n) is 15.2. The van der Waals surface area contributed by atoms with Crippen molar-refractivity contribution in [3.05, 3.63) is 60.7 Å². The zero-order chi connectivity index (χ0) is 17.9. The van der Waals surface area contributed by atoms with Crippen molar-refractivity contribution >= 4 is 32.3 Å². The van der Waals surface area contributed by atoms with Crippen LogP contribution >= 0.6 is 0 Å². The largest absolute Gasteiger partial charge is 0.504 e. The van der Waals surface area contributed by atoms with Gasteiger partial charge in [-0.25, -0.2) is 0 Å². The second-order valence-corrected chi connectivity index (χ2v) is 6.84. The van der Waals surface area contributed by atoms with Crippen molar-refractivity contribution in [2.24, 2.45) is 0 Å². The van der Waals surface area contributed by atoms with E-state index in [4.69, 9.17) is 4.74 Å². The Morgan fingerprint density at radius 2 is 1.27 bits per heavy atom. The zero-order valence-corrected chi connectivity index (χ0v) is 15.2. The molecule has 0 saturated carbocycles. The van der Waals surface area contributed by atoms with E-state index in [9.17, 15) is 5.11 Å². The second-order valence-electron chi connectivity index (χ2n) is 6.84. The lowest BCUT2D eigenvalue weighted by Gasteiger charge is -2.16. The van der Waals surface area contributed by atoms with Gasteiger partial charge >= 0.3 is 0 Å². The molecule has 0 unspecified atom stereocenters. The van der Waals surface area contributed by atoms with Crippen molar-refractivity contribution in [1.82, 2.24) is 0 Å². The van der Waals surface area contributed by atoms with Crippen molar-refractivity contribution < 1.29 is 9.84 Å². The van der Waals surface area contributed by atoms with Gasteiger partial charge in [-0.3, -0.25) is 0 Å². The molecule has 0 aliphatic rings. The van der Waals surface area contributed by atoms with Crippen LogP contribution in [0.25, 0.3) is 32.3 Å². The Morgan fingerprint density at radius 1 is 0.692 bits per heavy atom. The molecule has 0 atom stereocenters. The summed E-state index contributed by atoms with van der Waals surface area (Å²) in [4.78, 5) is 0. The number of ether oxygens (including phenoxy) is 1. The van der Waals surface area contributed by atoms with E-state index in [0.29, 0.717) is 12.4 Å². The number of benzene rings is 4. The van der Waals surface area contributed by atoms with Gasteiger partial charge in [-0.05, 0) is 45.5 Å². The smallest absolute Gasteiger partial charge is 0.169 e. The molecule has 2 heteroatoms. The standard InChI is InChI=1S/C24H24O2/c1-2-3-4-9-16-26-24-22(25)15-14-21-19-12-6-5-10-17(19)18-11-7-8-13-20(18)23(21)24/h5-8,10-15,25H,2-4,9,16H2,1H3. The highest BCUT2D eigenvalue weighted by molar-refractivity contribution is 6.27. The molecule has 4 aromatic carbocycles. The highest BCUT2D eigenvalue weighted by Gasteiger charge is 2.15. The predicted molar refractivity (Wildman–Crippen MR) is 110 cm³/mol. The molecule has 4 rings (SSSR count). The number of phenols is 1. The van der Waals surface area contributed by atoms with E-state index in [1.54, 1.807) is 6.07 Å². The SMILES string of the molecule is CCCCCCOc1c(O)ccc2c3ccccc3c3ccccc3c12. The highest BCUT2D eigenvalue weighted by atomic mass is 16.5. The van der Waals surface area contributed by atoms with E-state index in [1.807, 2.05) is 12.1 Å². The molecule has 0 bridgehead atoms. The molecule has 0 aliphatic heterocycles. The molecule has 0 spiro atoms. The molecular weight excluding hydrogens is 320 g/mol. The van der Waals surface area contributed by atoms with Crippen LogP contribution in [-0.4, -0.2) is 11.7 Å². The van der Waals surface area contributed by atoms with Crippen molar-refractivity contribution in [3.8, 4) is 11.5 Å². The van der Waals surface area contributed by atoms with Crippen LogP contribution in [0.3, 0.4) is 0 Å². The van der Waals surface area contributed by atoms with E-state index in [1.165, 1.54) is 29.0 Å². The fourth-order valence-electron chi connectivity index (χ4n) is 3.80. The Morgan fingerprint density at radius 3 is 1.92 bits per heavy atom. The lowest BCUT2D eigenvalue weighted by Crippen LogP contribution is -1.99. The van der Waals surface area contributed by atoms with Crippen LogP contribution in [-0.2, 0) is 0 Å². The van der Waals surface area contributed by atoms with Gasteiger partial charge in [0.25, 0.3) is 0 Å². The second kappa shape index (κ2) is 7.25. The van der Waals surface area contributed by atoms with Gasteiger partial charge in [-0.2, -0.15) is 0 Å². The highest BCUT2D eigenvalue weighted by Crippen LogP contribution is 2.43. The number of unbranched alkanes of at least 4 members (excludes halogenated alkanes) is 3. The van der Waals surface area contributed by atoms with Gasteiger partial charge in [0.05, 0.1) is 6.61 Å². The molecule has 2 nitrogen and oxygen atoms in total. The van der Waals surface area contributed by atoms with E-state index in [0.717, 1.165) is 29.0 Å². The number of hydrogen-bond acceptors (Lipinski definition) is 2. The first-order chi connectivity index (χ1) is 12.8. The first-order valence-electron chi connectivity index (χ1n) is 9.49. The van der Waals surface area contributed by atoms with E-state index in [2.05, 4.69) is 49.4 Å². The third-order valence-corrected chi connectivity index (χ3v) is 5.09. The molecule has 4 aromatic rings. The van der Waals surface area contributed by atoms with Gasteiger partial charge in [-0.1, -0.05) is 74.7 Å². The number of hydrogen-bond donors (Lipinski definition) is 1. The number of phenolic OH excluding ortho intramolecular Hbond substituents is 1. The van der Waals surface area contributed by atoms with Gasteiger partial charge in [-0.15, -0.1) is 0 Å². The maximum absolute atomic E-state index is 10.5. The van der Waals surface area contributed by atoms with Crippen LogP contribution in [0.15, 0.2) is 60.7 Å². The third kappa shape index (κ3) is 2.86. The summed E-state index contributed by atoms with van der Waals surface area (Å²) in [7, 11) is 0. The average Bonchev–Trinajstić information content (AvgIpc) is 2.69. The fraction of sp³-hybridized carbons (Fsp3) is 0.250. The van der Waals surface area contributed by atoms with Crippen molar-refractivity contribution in [2.75, 3.05) is 6.61 Å².